The number of rotatable bonds is 25. The number of anilines is 2. The van der Waals surface area contributed by atoms with E-state index in [0.717, 1.165) is 142 Å². The maximum absolute atomic E-state index is 15.1. The van der Waals surface area contributed by atoms with E-state index >= 15 is 4.39 Å². The molecule has 0 atom stereocenters. The van der Waals surface area contributed by atoms with Crippen molar-refractivity contribution in [1.82, 2.24) is 60.6 Å². The third kappa shape index (κ3) is 18.0. The van der Waals surface area contributed by atoms with Crippen LogP contribution in [0.4, 0.5) is 20.2 Å². The monoisotopic (exact) mass is 1430 g/mol. The predicted molar refractivity (Wildman–Crippen MR) is 404 cm³/mol. The van der Waals surface area contributed by atoms with Crippen LogP contribution in [0.2, 0.25) is 0 Å². The number of fused-ring (bicyclic) bond motifs is 2. The minimum Gasteiger partial charge on any atom is -0.381 e. The van der Waals surface area contributed by atoms with Crippen molar-refractivity contribution < 1.29 is 37.4 Å². The van der Waals surface area contributed by atoms with Gasteiger partial charge in [0.1, 0.15) is 11.6 Å². The molecule has 542 valence electrons. The second-order valence-corrected chi connectivity index (χ2v) is 26.9. The van der Waals surface area contributed by atoms with Crippen molar-refractivity contribution in [3.05, 3.63) is 225 Å². The van der Waals surface area contributed by atoms with E-state index in [0.29, 0.717) is 97.2 Å². The van der Waals surface area contributed by atoms with Gasteiger partial charge in [0.05, 0.1) is 34.5 Å². The summed E-state index contributed by atoms with van der Waals surface area (Å²) in [6, 6.07) is 38.9. The summed E-state index contributed by atoms with van der Waals surface area (Å²) in [6.07, 6.45) is 8.61. The predicted octanol–water partition coefficient (Wildman–Crippen LogP) is 13.0. The number of alkyl halides is 1. The fourth-order valence-corrected chi connectivity index (χ4v) is 13.8. The van der Waals surface area contributed by atoms with Gasteiger partial charge in [0.2, 0.25) is 0 Å². The van der Waals surface area contributed by atoms with E-state index in [9.17, 15) is 23.6 Å². The van der Waals surface area contributed by atoms with Crippen LogP contribution >= 0.6 is 11.6 Å². The van der Waals surface area contributed by atoms with Crippen LogP contribution in [0.5, 0.6) is 0 Å². The molecule has 23 heteroatoms. The van der Waals surface area contributed by atoms with Gasteiger partial charge >= 0.3 is 0 Å². The van der Waals surface area contributed by atoms with Crippen LogP contribution in [-0.4, -0.2) is 135 Å². The summed E-state index contributed by atoms with van der Waals surface area (Å²) >= 11 is 5.97. The average molecular weight is 1430 g/mol. The van der Waals surface area contributed by atoms with Gasteiger partial charge in [-0.2, -0.15) is 10.2 Å². The van der Waals surface area contributed by atoms with Crippen LogP contribution in [0, 0.1) is 11.6 Å². The fourth-order valence-electron chi connectivity index (χ4n) is 13.6. The average Bonchev–Trinajstić information content (AvgIpc) is 1.55. The number of aryl methyl sites for hydroxylation is 4. The lowest BCUT2D eigenvalue weighted by Gasteiger charge is -2.32. The highest BCUT2D eigenvalue weighted by Gasteiger charge is 2.26. The molecule has 3 fully saturated rings. The molecule has 0 radical (unpaired) electrons. The molecule has 6 aromatic carbocycles. The molecule has 6 N–H and O–H groups in total. The lowest BCUT2D eigenvalue weighted by Crippen LogP contribution is -2.43. The standard InChI is InChI=1S/C43H51FN8O3.C38H40ClFN6O3/c1-4-39-36(40(48-34-14-20-55-21-15-34)37-27-47-52(5-2)41(37)49-39)26-46-43(54)33-11-7-10-32(24-33)42(53)45-25-29-12-13-38(44)35(23-29)31-9-6-8-30(22-31)28-51-18-16-50(3)17-19-51;1-3-34-31(35(44-29-13-15-49-16-14-29)32-23-43-46(4-2)36(32)45-34)22-42-38(48)28-10-6-9-27(19-28)37(47)41-21-25-11-12-33(40)30(18-25)26-8-5-7-24(17-26)20-39/h6-13,22-24,27,34H,4-5,14-21,25-26,28H2,1-3H3,(H,45,53)(H,46,54)(H,48,49);5-12,17-19,23,29H,3-4,13-16,20-22H2,1-2H3,(H,41,47)(H,42,48)(H,44,45). The van der Waals surface area contributed by atoms with Crippen molar-refractivity contribution in [3.8, 4) is 22.3 Å². The summed E-state index contributed by atoms with van der Waals surface area (Å²) in [5.74, 6) is -1.61. The van der Waals surface area contributed by atoms with Gasteiger partial charge in [-0.15, -0.1) is 11.6 Å². The molecule has 20 nitrogen and oxygen atoms in total. The van der Waals surface area contributed by atoms with Gasteiger partial charge in [-0.05, 0) is 166 Å². The Kier molecular flexibility index (Phi) is 24.8. The molecule has 0 spiro atoms. The number of hydrogen-bond acceptors (Lipinski definition) is 14. The number of pyridine rings is 2. The van der Waals surface area contributed by atoms with Crippen molar-refractivity contribution >= 4 is 68.7 Å². The Morgan fingerprint density at radius 3 is 1.31 bits per heavy atom. The summed E-state index contributed by atoms with van der Waals surface area (Å²) in [7, 11) is 2.14. The third-order valence-electron chi connectivity index (χ3n) is 19.6. The number of ether oxygens (including phenoxy) is 2. The molecule has 3 aliphatic heterocycles. The van der Waals surface area contributed by atoms with Gasteiger partial charge in [-0.25, -0.2) is 28.1 Å². The summed E-state index contributed by atoms with van der Waals surface area (Å²) in [5.41, 5.74) is 14.6. The summed E-state index contributed by atoms with van der Waals surface area (Å²) in [4.78, 5) is 68.3. The number of amides is 4. The fraction of sp³-hybridized carbons (Fsp3) is 0.358. The molecule has 0 unspecified atom stereocenters. The minimum atomic E-state index is -0.357. The maximum atomic E-state index is 15.1. The number of piperazine rings is 1. The Labute approximate surface area is 610 Å². The highest BCUT2D eigenvalue weighted by molar-refractivity contribution is 6.17. The molecule has 0 saturated carbocycles. The van der Waals surface area contributed by atoms with Gasteiger partial charge in [-0.1, -0.05) is 74.5 Å². The first-order chi connectivity index (χ1) is 50.7. The Bertz CT molecular complexity index is 4700. The zero-order chi connectivity index (χ0) is 72.6. The molecular formula is C81H91ClF2N14O6. The quantitative estimate of drug-likeness (QED) is 0.0293. The van der Waals surface area contributed by atoms with E-state index in [-0.39, 0.29) is 73.5 Å². The molecule has 3 saturated heterocycles. The number of carbonyl (C=O) groups is 4. The lowest BCUT2D eigenvalue weighted by atomic mass is 10.00. The van der Waals surface area contributed by atoms with E-state index in [2.05, 4.69) is 84.9 Å². The lowest BCUT2D eigenvalue weighted by molar-refractivity contribution is 0.0903. The van der Waals surface area contributed by atoms with E-state index in [1.54, 1.807) is 72.8 Å². The minimum absolute atomic E-state index is 0.185. The summed E-state index contributed by atoms with van der Waals surface area (Å²) in [6.45, 7) is 18.2. The molecule has 13 rings (SSSR count). The molecular weight excluding hydrogens is 1340 g/mol. The SMILES string of the molecule is CCc1nc2c(cnn2CC)c(NC2CCOCC2)c1CNC(=O)c1cccc(C(=O)NCc2ccc(F)c(-c3cccc(CCl)c3)c2)c1.CCc1nc2c(cnn2CC)c(NC2CCOCC2)c1CNC(=O)c1cccc(C(=O)NCc2ccc(F)c(-c3cccc(CN4CCN(C)CC4)c3)c2)c1. The van der Waals surface area contributed by atoms with Crippen LogP contribution in [0.1, 0.15) is 140 Å². The summed E-state index contributed by atoms with van der Waals surface area (Å²) in [5, 5.41) is 30.5. The Morgan fingerprint density at radius 2 is 0.894 bits per heavy atom. The first-order valence-corrected chi connectivity index (χ1v) is 36.7. The number of carbonyl (C=O) groups excluding carboxylic acids is 4. The first-order valence-electron chi connectivity index (χ1n) is 36.2. The van der Waals surface area contributed by atoms with Gasteiger partial charge in [0.25, 0.3) is 23.6 Å². The van der Waals surface area contributed by atoms with Crippen LogP contribution in [0.25, 0.3) is 44.3 Å². The molecule has 3 aliphatic rings. The Balaban J connectivity index is 0.000000197. The number of hydrogen-bond donors (Lipinski definition) is 6. The molecule has 0 aliphatic carbocycles. The van der Waals surface area contributed by atoms with Crippen molar-refractivity contribution in [3.63, 3.8) is 0 Å². The van der Waals surface area contributed by atoms with E-state index in [1.165, 1.54) is 12.1 Å². The normalized spacial score (nSPS) is 14.6. The van der Waals surface area contributed by atoms with Gasteiger partial charge in [0.15, 0.2) is 11.3 Å². The number of halogens is 3. The second kappa shape index (κ2) is 35.0. The van der Waals surface area contributed by atoms with E-state index < -0.39 is 0 Å². The Morgan fingerprint density at radius 1 is 0.490 bits per heavy atom. The number of aromatic nitrogens is 6. The van der Waals surface area contributed by atoms with Gasteiger partial charge < -0.3 is 46.3 Å². The van der Waals surface area contributed by atoms with E-state index in [4.69, 9.17) is 31.0 Å². The van der Waals surface area contributed by atoms with Crippen molar-refractivity contribution in [2.24, 2.45) is 0 Å². The van der Waals surface area contributed by atoms with Crippen LogP contribution in [0.15, 0.2) is 146 Å². The van der Waals surface area contributed by atoms with Crippen molar-refractivity contribution in [2.45, 2.75) is 130 Å². The zero-order valence-electron chi connectivity index (χ0n) is 59.7. The molecule has 4 amide bonds. The molecule has 4 aromatic heterocycles. The summed E-state index contributed by atoms with van der Waals surface area (Å²) < 4.78 is 44.8. The van der Waals surface area contributed by atoms with Gasteiger partial charge in [0, 0.05) is 172 Å². The smallest absolute Gasteiger partial charge is 0.251 e. The number of nitrogens with one attached hydrogen (secondary N) is 6. The highest BCUT2D eigenvalue weighted by Crippen LogP contribution is 2.35. The second-order valence-electron chi connectivity index (χ2n) is 26.6. The van der Waals surface area contributed by atoms with Crippen LogP contribution < -0.4 is 31.9 Å². The molecule has 0 bridgehead atoms. The number of benzene rings is 6. The van der Waals surface area contributed by atoms with Gasteiger partial charge in [-0.3, -0.25) is 24.1 Å². The van der Waals surface area contributed by atoms with E-state index in [1.807, 2.05) is 72.0 Å². The first kappa shape index (κ1) is 73.8. The molecule has 7 heterocycles. The number of nitrogens with zero attached hydrogens (tertiary/aromatic N) is 8. The van der Waals surface area contributed by atoms with Crippen molar-refractivity contribution in [2.75, 3.05) is 70.3 Å². The highest BCUT2D eigenvalue weighted by atomic mass is 35.5. The molecule has 104 heavy (non-hydrogen) atoms. The third-order valence-corrected chi connectivity index (χ3v) is 19.9. The zero-order valence-corrected chi connectivity index (χ0v) is 60.5. The van der Waals surface area contributed by atoms with Crippen LogP contribution in [0.3, 0.4) is 0 Å². The molecule has 10 aromatic rings. The largest absolute Gasteiger partial charge is 0.381 e. The topological polar surface area (TPSA) is 227 Å². The van der Waals surface area contributed by atoms with Crippen LogP contribution in [-0.2, 0) is 74.0 Å². The maximum Gasteiger partial charge on any atom is 0.251 e. The Hall–Kier alpha value is -9.97. The van der Waals surface area contributed by atoms with Crippen molar-refractivity contribution in [1.29, 1.82) is 0 Å². The number of likely N-dealkylation sites (N-methyl/N-ethyl adjacent to an activating group) is 1.